The van der Waals surface area contributed by atoms with E-state index in [0.717, 1.165) is 25.5 Å². The molecular formula is C19H27IN4S. The molecule has 0 aliphatic carbocycles. The Bertz CT molecular complexity index is 704. The first-order chi connectivity index (χ1) is 11.6. The molecule has 0 fully saturated rings. The summed E-state index contributed by atoms with van der Waals surface area (Å²) < 4.78 is 0. The maximum Gasteiger partial charge on any atom is 0.191 e. The van der Waals surface area contributed by atoms with Crippen LogP contribution in [0.5, 0.6) is 0 Å². The number of aryl methyl sites for hydroxylation is 2. The van der Waals surface area contributed by atoms with E-state index in [-0.39, 0.29) is 24.0 Å². The van der Waals surface area contributed by atoms with E-state index in [9.17, 15) is 0 Å². The van der Waals surface area contributed by atoms with E-state index < -0.39 is 0 Å². The van der Waals surface area contributed by atoms with Crippen LogP contribution in [0.1, 0.15) is 22.3 Å². The molecule has 0 amide bonds. The van der Waals surface area contributed by atoms with Gasteiger partial charge in [-0.05, 0) is 60.9 Å². The Morgan fingerprint density at radius 3 is 2.64 bits per heavy atom. The molecule has 2 aromatic rings. The predicted molar refractivity (Wildman–Crippen MR) is 119 cm³/mol. The van der Waals surface area contributed by atoms with E-state index in [1.165, 1.54) is 27.1 Å². The summed E-state index contributed by atoms with van der Waals surface area (Å²) >= 11 is 1.78. The van der Waals surface area contributed by atoms with Gasteiger partial charge in [-0.15, -0.1) is 35.7 Å². The first kappa shape index (κ1) is 21.8. The number of thioether (sulfide) groups is 1. The molecular weight excluding hydrogens is 443 g/mol. The average Bonchev–Trinajstić information content (AvgIpc) is 2.60. The van der Waals surface area contributed by atoms with Crippen molar-refractivity contribution in [2.45, 2.75) is 31.7 Å². The lowest BCUT2D eigenvalue weighted by Crippen LogP contribution is -2.38. The number of aliphatic imine (C=N–C) groups is 1. The molecule has 6 heteroatoms. The number of guanidine groups is 1. The van der Waals surface area contributed by atoms with Gasteiger partial charge >= 0.3 is 0 Å². The van der Waals surface area contributed by atoms with Gasteiger partial charge in [-0.25, -0.2) is 0 Å². The van der Waals surface area contributed by atoms with E-state index in [1.54, 1.807) is 18.8 Å². The second-order valence-corrected chi connectivity index (χ2v) is 6.57. The average molecular weight is 470 g/mol. The highest BCUT2D eigenvalue weighted by Crippen LogP contribution is 2.21. The van der Waals surface area contributed by atoms with Crippen LogP contribution in [0.25, 0.3) is 0 Å². The Hall–Kier alpha value is -1.28. The van der Waals surface area contributed by atoms with Crippen LogP contribution in [0, 0.1) is 13.8 Å². The van der Waals surface area contributed by atoms with E-state index in [4.69, 9.17) is 0 Å². The zero-order chi connectivity index (χ0) is 17.4. The van der Waals surface area contributed by atoms with Gasteiger partial charge in [0.15, 0.2) is 5.96 Å². The highest BCUT2D eigenvalue weighted by Gasteiger charge is 2.04. The Labute approximate surface area is 172 Å². The van der Waals surface area contributed by atoms with Crippen LogP contribution in [-0.4, -0.2) is 30.8 Å². The van der Waals surface area contributed by atoms with Crippen LogP contribution in [-0.2, 0) is 13.0 Å². The second kappa shape index (κ2) is 11.4. The van der Waals surface area contributed by atoms with Gasteiger partial charge in [0, 0.05) is 37.4 Å². The molecule has 0 unspecified atom stereocenters. The molecule has 0 atom stereocenters. The Balaban J connectivity index is 0.00000312. The highest BCUT2D eigenvalue weighted by molar-refractivity contribution is 14.0. The summed E-state index contributed by atoms with van der Waals surface area (Å²) in [6.45, 7) is 5.83. The van der Waals surface area contributed by atoms with Crippen molar-refractivity contribution in [3.8, 4) is 0 Å². The fourth-order valence-corrected chi connectivity index (χ4v) is 3.20. The van der Waals surface area contributed by atoms with E-state index in [1.807, 2.05) is 12.4 Å². The lowest BCUT2D eigenvalue weighted by Gasteiger charge is -2.14. The number of pyridine rings is 1. The number of nitrogens with one attached hydrogen (secondary N) is 2. The zero-order valence-electron chi connectivity index (χ0n) is 15.3. The normalized spacial score (nSPS) is 11.0. The van der Waals surface area contributed by atoms with E-state index in [0.29, 0.717) is 0 Å². The molecule has 0 saturated carbocycles. The molecule has 2 N–H and O–H groups in total. The van der Waals surface area contributed by atoms with E-state index >= 15 is 0 Å². The minimum Gasteiger partial charge on any atom is -0.356 e. The molecule has 4 nitrogen and oxygen atoms in total. The van der Waals surface area contributed by atoms with Crippen molar-refractivity contribution in [1.82, 2.24) is 15.6 Å². The van der Waals surface area contributed by atoms with Crippen LogP contribution in [0.2, 0.25) is 0 Å². The summed E-state index contributed by atoms with van der Waals surface area (Å²) in [6.07, 6.45) is 6.82. The summed E-state index contributed by atoms with van der Waals surface area (Å²) in [5, 5.41) is 6.77. The minimum atomic E-state index is 0. The number of aromatic nitrogens is 1. The Morgan fingerprint density at radius 2 is 1.96 bits per heavy atom. The van der Waals surface area contributed by atoms with Crippen LogP contribution in [0.4, 0.5) is 0 Å². The molecule has 25 heavy (non-hydrogen) atoms. The van der Waals surface area contributed by atoms with Crippen molar-refractivity contribution in [3.05, 3.63) is 58.9 Å². The number of halogens is 1. The van der Waals surface area contributed by atoms with Crippen molar-refractivity contribution in [2.75, 3.05) is 19.8 Å². The quantitative estimate of drug-likeness (QED) is 0.291. The highest BCUT2D eigenvalue weighted by atomic mass is 127. The molecule has 0 saturated heterocycles. The van der Waals surface area contributed by atoms with Crippen LogP contribution in [0.15, 0.2) is 46.5 Å². The maximum absolute atomic E-state index is 4.31. The van der Waals surface area contributed by atoms with Gasteiger partial charge in [0.25, 0.3) is 0 Å². The monoisotopic (exact) mass is 470 g/mol. The van der Waals surface area contributed by atoms with Crippen molar-refractivity contribution in [1.29, 1.82) is 0 Å². The van der Waals surface area contributed by atoms with Crippen molar-refractivity contribution in [3.63, 3.8) is 0 Å². The van der Waals surface area contributed by atoms with Crippen molar-refractivity contribution >= 4 is 41.7 Å². The van der Waals surface area contributed by atoms with Gasteiger partial charge in [0.05, 0.1) is 0 Å². The second-order valence-electron chi connectivity index (χ2n) is 5.72. The fraction of sp³-hybridized carbons (Fsp3) is 0.368. The number of nitrogens with zero attached hydrogens (tertiary/aromatic N) is 2. The van der Waals surface area contributed by atoms with Crippen LogP contribution >= 0.6 is 35.7 Å². The first-order valence-corrected chi connectivity index (χ1v) is 9.34. The molecule has 1 aromatic heterocycles. The van der Waals surface area contributed by atoms with Gasteiger partial charge in [-0.3, -0.25) is 9.98 Å². The molecule has 0 aliphatic rings. The summed E-state index contributed by atoms with van der Waals surface area (Å²) in [5.74, 6) is 0.828. The Morgan fingerprint density at radius 1 is 1.16 bits per heavy atom. The summed E-state index contributed by atoms with van der Waals surface area (Å²) in [6, 6.07) is 8.63. The fourth-order valence-electron chi connectivity index (χ4n) is 2.50. The lowest BCUT2D eigenvalue weighted by molar-refractivity contribution is 0.786. The zero-order valence-corrected chi connectivity index (χ0v) is 18.4. The SMILES string of the molecule is CN=C(NCCc1ccncc1C)NCc1ccc(C)cc1SC.I. The molecule has 2 rings (SSSR count). The smallest absolute Gasteiger partial charge is 0.191 e. The van der Waals surface area contributed by atoms with E-state index in [2.05, 4.69) is 65.0 Å². The molecule has 0 radical (unpaired) electrons. The third-order valence-corrected chi connectivity index (χ3v) is 4.76. The van der Waals surface area contributed by atoms with Gasteiger partial charge < -0.3 is 10.6 Å². The molecule has 1 aromatic carbocycles. The van der Waals surface area contributed by atoms with Crippen LogP contribution < -0.4 is 10.6 Å². The van der Waals surface area contributed by atoms with Gasteiger partial charge in [0.1, 0.15) is 0 Å². The third kappa shape index (κ3) is 6.86. The third-order valence-electron chi connectivity index (χ3n) is 3.94. The number of hydrogen-bond donors (Lipinski definition) is 2. The minimum absolute atomic E-state index is 0. The Kier molecular flexibility index (Phi) is 9.89. The standard InChI is InChI=1S/C19H26N4S.HI/c1-14-5-6-17(18(11-14)24-4)13-23-19(20-3)22-10-8-16-7-9-21-12-15(16)2;/h5-7,9,11-12H,8,10,13H2,1-4H3,(H2,20,22,23);1H. The summed E-state index contributed by atoms with van der Waals surface area (Å²) in [7, 11) is 1.80. The molecule has 0 bridgehead atoms. The van der Waals surface area contributed by atoms with Gasteiger partial charge in [-0.2, -0.15) is 0 Å². The topological polar surface area (TPSA) is 49.3 Å². The predicted octanol–water partition coefficient (Wildman–Crippen LogP) is 3.95. The first-order valence-electron chi connectivity index (χ1n) is 8.11. The molecule has 0 aliphatic heterocycles. The largest absolute Gasteiger partial charge is 0.356 e. The maximum atomic E-state index is 4.31. The molecule has 136 valence electrons. The lowest BCUT2D eigenvalue weighted by atomic mass is 10.1. The van der Waals surface area contributed by atoms with Crippen LogP contribution in [0.3, 0.4) is 0 Å². The number of rotatable bonds is 6. The number of hydrogen-bond acceptors (Lipinski definition) is 3. The van der Waals surface area contributed by atoms with Gasteiger partial charge in [-0.1, -0.05) is 12.1 Å². The molecule has 1 heterocycles. The van der Waals surface area contributed by atoms with Crippen molar-refractivity contribution in [2.24, 2.45) is 4.99 Å². The summed E-state index contributed by atoms with van der Waals surface area (Å²) in [5.41, 5.74) is 5.13. The number of benzene rings is 1. The molecule has 0 spiro atoms. The summed E-state index contributed by atoms with van der Waals surface area (Å²) in [4.78, 5) is 9.75. The van der Waals surface area contributed by atoms with Crippen molar-refractivity contribution < 1.29 is 0 Å². The van der Waals surface area contributed by atoms with Gasteiger partial charge in [0.2, 0.25) is 0 Å².